The van der Waals surface area contributed by atoms with Crippen LogP contribution in [0.5, 0.6) is 0 Å². The fourth-order valence-electron chi connectivity index (χ4n) is 2.52. The molecule has 0 aromatic heterocycles. The summed E-state index contributed by atoms with van der Waals surface area (Å²) >= 11 is 0. The highest BCUT2D eigenvalue weighted by Crippen LogP contribution is 2.29. The zero-order valence-corrected chi connectivity index (χ0v) is 12.2. The van der Waals surface area contributed by atoms with E-state index in [4.69, 9.17) is 0 Å². The minimum atomic E-state index is -0.0501. The summed E-state index contributed by atoms with van der Waals surface area (Å²) in [4.78, 5) is 22.7. The number of amides is 1. The number of Topliss-reactive ketones (excluding diaryl/α,β-unsaturated/α-hetero) is 1. The average Bonchev–Trinajstić information content (AvgIpc) is 2.33. The largest absolute Gasteiger partial charge is 0.356 e. The van der Waals surface area contributed by atoms with Gasteiger partial charge in [0, 0.05) is 19.4 Å². The molecule has 1 amide bonds. The van der Waals surface area contributed by atoms with Crippen LogP contribution in [0.3, 0.4) is 0 Å². The second kappa shape index (κ2) is 7.07. The molecule has 0 saturated carbocycles. The lowest BCUT2D eigenvalue weighted by molar-refractivity contribution is -0.122. The van der Waals surface area contributed by atoms with Gasteiger partial charge in [0.2, 0.25) is 5.91 Å². The molecule has 1 N–H and O–H groups in total. The van der Waals surface area contributed by atoms with Crippen LogP contribution in [0.15, 0.2) is 24.3 Å². The monoisotopic (exact) mass is 261 g/mol. The van der Waals surface area contributed by atoms with Gasteiger partial charge in [-0.1, -0.05) is 31.2 Å². The van der Waals surface area contributed by atoms with E-state index in [1.54, 1.807) is 6.92 Å². The lowest BCUT2D eigenvalue weighted by atomic mass is 9.81. The average molecular weight is 261 g/mol. The second-order valence-corrected chi connectivity index (χ2v) is 5.13. The Morgan fingerprint density at radius 2 is 1.84 bits per heavy atom. The van der Waals surface area contributed by atoms with Crippen LogP contribution in [-0.4, -0.2) is 18.2 Å². The fraction of sp³-hybridized carbons (Fsp3) is 0.500. The lowest BCUT2D eigenvalue weighted by Crippen LogP contribution is -2.27. The summed E-state index contributed by atoms with van der Waals surface area (Å²) < 4.78 is 0. The molecular formula is C16H23NO2. The SMILES string of the molecule is CC(=O)NCCC(C(C)=O)C(C)c1ccccc1C. The number of carbonyl (C=O) groups is 2. The molecule has 1 aromatic rings. The summed E-state index contributed by atoms with van der Waals surface area (Å²) in [5.41, 5.74) is 2.42. The zero-order valence-electron chi connectivity index (χ0n) is 12.2. The van der Waals surface area contributed by atoms with E-state index in [2.05, 4.69) is 31.3 Å². The van der Waals surface area contributed by atoms with E-state index in [0.717, 1.165) is 0 Å². The van der Waals surface area contributed by atoms with E-state index in [1.807, 2.05) is 12.1 Å². The molecule has 0 radical (unpaired) electrons. The van der Waals surface area contributed by atoms with Crippen LogP contribution < -0.4 is 5.32 Å². The summed E-state index contributed by atoms with van der Waals surface area (Å²) in [6.07, 6.45) is 0.685. The van der Waals surface area contributed by atoms with Crippen molar-refractivity contribution in [3.05, 3.63) is 35.4 Å². The van der Waals surface area contributed by atoms with Crippen LogP contribution in [0, 0.1) is 12.8 Å². The van der Waals surface area contributed by atoms with Crippen LogP contribution in [-0.2, 0) is 9.59 Å². The van der Waals surface area contributed by atoms with Crippen molar-refractivity contribution in [2.45, 2.75) is 40.0 Å². The fourth-order valence-corrected chi connectivity index (χ4v) is 2.52. The summed E-state index contributed by atoms with van der Waals surface area (Å²) in [6.45, 7) is 7.83. The molecule has 0 aliphatic heterocycles. The minimum absolute atomic E-state index is 0.0482. The highest BCUT2D eigenvalue weighted by Gasteiger charge is 2.23. The van der Waals surface area contributed by atoms with Gasteiger partial charge in [-0.3, -0.25) is 9.59 Å². The van der Waals surface area contributed by atoms with Crippen LogP contribution >= 0.6 is 0 Å². The van der Waals surface area contributed by atoms with Gasteiger partial charge in [-0.15, -0.1) is 0 Å². The first-order valence-corrected chi connectivity index (χ1v) is 6.74. The van der Waals surface area contributed by atoms with Gasteiger partial charge in [0.15, 0.2) is 0 Å². The molecule has 3 nitrogen and oxygen atoms in total. The van der Waals surface area contributed by atoms with Crippen LogP contribution in [0.4, 0.5) is 0 Å². The van der Waals surface area contributed by atoms with Crippen molar-refractivity contribution in [1.29, 1.82) is 0 Å². The van der Waals surface area contributed by atoms with Crippen molar-refractivity contribution >= 4 is 11.7 Å². The van der Waals surface area contributed by atoms with Gasteiger partial charge >= 0.3 is 0 Å². The summed E-state index contributed by atoms with van der Waals surface area (Å²) in [6, 6.07) is 8.15. The summed E-state index contributed by atoms with van der Waals surface area (Å²) in [5.74, 6) is 0.257. The van der Waals surface area contributed by atoms with Gasteiger partial charge in [0.25, 0.3) is 0 Å². The van der Waals surface area contributed by atoms with Crippen molar-refractivity contribution in [3.8, 4) is 0 Å². The number of aryl methyl sites for hydroxylation is 1. The topological polar surface area (TPSA) is 46.2 Å². The molecule has 0 aliphatic rings. The Labute approximate surface area is 115 Å². The molecule has 0 spiro atoms. The molecule has 0 heterocycles. The van der Waals surface area contributed by atoms with E-state index in [1.165, 1.54) is 18.1 Å². The van der Waals surface area contributed by atoms with Crippen molar-refractivity contribution in [2.75, 3.05) is 6.54 Å². The number of hydrogen-bond donors (Lipinski definition) is 1. The third-order valence-electron chi connectivity index (χ3n) is 3.63. The molecule has 3 heteroatoms. The molecule has 1 aromatic carbocycles. The highest BCUT2D eigenvalue weighted by molar-refractivity contribution is 5.79. The first-order valence-electron chi connectivity index (χ1n) is 6.74. The molecule has 104 valence electrons. The number of carbonyl (C=O) groups excluding carboxylic acids is 2. The number of hydrogen-bond acceptors (Lipinski definition) is 2. The molecular weight excluding hydrogens is 238 g/mol. The van der Waals surface area contributed by atoms with E-state index < -0.39 is 0 Å². The number of ketones is 1. The van der Waals surface area contributed by atoms with E-state index >= 15 is 0 Å². The predicted molar refractivity (Wildman–Crippen MR) is 77.1 cm³/mol. The molecule has 0 bridgehead atoms. The van der Waals surface area contributed by atoms with Gasteiger partial charge in [-0.05, 0) is 37.3 Å². The number of rotatable bonds is 6. The smallest absolute Gasteiger partial charge is 0.216 e. The maximum atomic E-state index is 11.8. The number of nitrogens with one attached hydrogen (secondary N) is 1. The zero-order chi connectivity index (χ0) is 14.4. The second-order valence-electron chi connectivity index (χ2n) is 5.13. The Morgan fingerprint density at radius 3 is 2.37 bits per heavy atom. The summed E-state index contributed by atoms with van der Waals surface area (Å²) in [7, 11) is 0. The molecule has 2 unspecified atom stereocenters. The van der Waals surface area contributed by atoms with Crippen LogP contribution in [0.1, 0.15) is 44.2 Å². The van der Waals surface area contributed by atoms with Crippen molar-refractivity contribution in [2.24, 2.45) is 5.92 Å². The van der Waals surface area contributed by atoms with Crippen molar-refractivity contribution < 1.29 is 9.59 Å². The van der Waals surface area contributed by atoms with E-state index in [-0.39, 0.29) is 23.5 Å². The van der Waals surface area contributed by atoms with Crippen molar-refractivity contribution in [1.82, 2.24) is 5.32 Å². The Balaban J connectivity index is 2.79. The molecule has 0 fully saturated rings. The minimum Gasteiger partial charge on any atom is -0.356 e. The molecule has 0 saturated heterocycles. The highest BCUT2D eigenvalue weighted by atomic mass is 16.1. The Morgan fingerprint density at radius 1 is 1.21 bits per heavy atom. The van der Waals surface area contributed by atoms with Gasteiger partial charge < -0.3 is 5.32 Å². The maximum absolute atomic E-state index is 11.8. The van der Waals surface area contributed by atoms with Gasteiger partial charge in [0.05, 0.1) is 0 Å². The third-order valence-corrected chi connectivity index (χ3v) is 3.63. The predicted octanol–water partition coefficient (Wildman–Crippen LogP) is 2.83. The van der Waals surface area contributed by atoms with E-state index in [0.29, 0.717) is 13.0 Å². The van der Waals surface area contributed by atoms with Crippen LogP contribution in [0.2, 0.25) is 0 Å². The normalized spacial score (nSPS) is 13.7. The summed E-state index contributed by atoms with van der Waals surface area (Å²) in [5, 5.41) is 2.76. The quantitative estimate of drug-likeness (QED) is 0.856. The molecule has 1 rings (SSSR count). The van der Waals surface area contributed by atoms with Gasteiger partial charge in [0.1, 0.15) is 5.78 Å². The first kappa shape index (κ1) is 15.4. The Kier molecular flexibility index (Phi) is 5.74. The lowest BCUT2D eigenvalue weighted by Gasteiger charge is -2.23. The maximum Gasteiger partial charge on any atom is 0.216 e. The third kappa shape index (κ3) is 4.51. The standard InChI is InChI=1S/C16H23NO2/c1-11-7-5-6-8-15(11)12(2)16(13(3)18)9-10-17-14(4)19/h5-8,12,16H,9-10H2,1-4H3,(H,17,19). The van der Waals surface area contributed by atoms with Crippen LogP contribution in [0.25, 0.3) is 0 Å². The number of benzene rings is 1. The molecule has 2 atom stereocenters. The van der Waals surface area contributed by atoms with Crippen molar-refractivity contribution in [3.63, 3.8) is 0 Å². The van der Waals surface area contributed by atoms with E-state index in [9.17, 15) is 9.59 Å². The molecule has 19 heavy (non-hydrogen) atoms. The molecule has 0 aliphatic carbocycles. The Bertz CT molecular complexity index is 454. The Hall–Kier alpha value is -1.64. The van der Waals surface area contributed by atoms with Gasteiger partial charge in [-0.2, -0.15) is 0 Å². The van der Waals surface area contributed by atoms with Gasteiger partial charge in [-0.25, -0.2) is 0 Å². The first-order chi connectivity index (χ1) is 8.93.